The summed E-state index contributed by atoms with van der Waals surface area (Å²) < 4.78 is 1.93. The van der Waals surface area contributed by atoms with E-state index in [1.165, 1.54) is 32.4 Å². The zero-order valence-electron chi connectivity index (χ0n) is 11.4. The summed E-state index contributed by atoms with van der Waals surface area (Å²) in [4.78, 5) is 2.51. The van der Waals surface area contributed by atoms with E-state index in [9.17, 15) is 0 Å². The fourth-order valence-corrected chi connectivity index (χ4v) is 2.48. The molecule has 1 fully saturated rings. The van der Waals surface area contributed by atoms with E-state index in [-0.39, 0.29) is 6.04 Å². The summed E-state index contributed by atoms with van der Waals surface area (Å²) in [5, 5.41) is 8.33. The van der Waals surface area contributed by atoms with Crippen molar-refractivity contribution in [1.82, 2.24) is 19.9 Å². The number of likely N-dealkylation sites (tertiary alicyclic amines) is 1. The minimum atomic E-state index is 0.0405. The summed E-state index contributed by atoms with van der Waals surface area (Å²) in [5.74, 6) is 0. The van der Waals surface area contributed by atoms with Gasteiger partial charge < -0.3 is 10.6 Å². The van der Waals surface area contributed by atoms with Gasteiger partial charge in [-0.2, -0.15) is 0 Å². The van der Waals surface area contributed by atoms with Crippen molar-refractivity contribution in [3.05, 3.63) is 11.9 Å². The van der Waals surface area contributed by atoms with E-state index >= 15 is 0 Å². The Labute approximate surface area is 109 Å². The van der Waals surface area contributed by atoms with Gasteiger partial charge in [0.05, 0.1) is 24.5 Å². The standard InChI is InChI=1S/C13H25N5/c1-2-6-12(14)13-11-18(16-15-13)10-9-17-7-4-3-5-8-17/h11-12H,2-10,14H2,1H3. The molecule has 0 radical (unpaired) electrons. The van der Waals surface area contributed by atoms with Gasteiger partial charge >= 0.3 is 0 Å². The molecule has 1 aromatic rings. The van der Waals surface area contributed by atoms with Crippen LogP contribution in [0, 0.1) is 0 Å². The Morgan fingerprint density at radius 2 is 2.06 bits per heavy atom. The van der Waals surface area contributed by atoms with Crippen molar-refractivity contribution in [1.29, 1.82) is 0 Å². The first-order chi connectivity index (χ1) is 8.79. The molecule has 1 atom stereocenters. The molecule has 0 bridgehead atoms. The second kappa shape index (κ2) is 6.85. The highest BCUT2D eigenvalue weighted by Crippen LogP contribution is 2.12. The molecule has 0 aromatic carbocycles. The van der Waals surface area contributed by atoms with Crippen LogP contribution in [-0.4, -0.2) is 39.5 Å². The molecule has 0 spiro atoms. The highest BCUT2D eigenvalue weighted by Gasteiger charge is 2.12. The first kappa shape index (κ1) is 13.5. The van der Waals surface area contributed by atoms with Crippen LogP contribution in [0.15, 0.2) is 6.20 Å². The Hall–Kier alpha value is -0.940. The Morgan fingerprint density at radius 3 is 2.78 bits per heavy atom. The molecule has 5 heteroatoms. The molecular weight excluding hydrogens is 226 g/mol. The van der Waals surface area contributed by atoms with Gasteiger partial charge in [-0.1, -0.05) is 25.0 Å². The van der Waals surface area contributed by atoms with E-state index in [0.29, 0.717) is 0 Å². The predicted molar refractivity (Wildman–Crippen MR) is 72.1 cm³/mol. The number of hydrogen-bond donors (Lipinski definition) is 1. The summed E-state index contributed by atoms with van der Waals surface area (Å²) in [7, 11) is 0. The molecule has 1 aliphatic rings. The molecule has 2 N–H and O–H groups in total. The molecule has 0 aliphatic carbocycles. The van der Waals surface area contributed by atoms with E-state index in [4.69, 9.17) is 5.73 Å². The minimum absolute atomic E-state index is 0.0405. The second-order valence-electron chi connectivity index (χ2n) is 5.20. The van der Waals surface area contributed by atoms with Crippen molar-refractivity contribution < 1.29 is 0 Å². The SMILES string of the molecule is CCCC(N)c1cn(CCN2CCCCC2)nn1. The van der Waals surface area contributed by atoms with Crippen LogP contribution in [0.1, 0.15) is 50.8 Å². The van der Waals surface area contributed by atoms with Gasteiger partial charge in [-0.05, 0) is 32.4 Å². The second-order valence-corrected chi connectivity index (χ2v) is 5.20. The van der Waals surface area contributed by atoms with Gasteiger partial charge in [0.2, 0.25) is 0 Å². The van der Waals surface area contributed by atoms with Gasteiger partial charge in [0.15, 0.2) is 0 Å². The van der Waals surface area contributed by atoms with E-state index in [0.717, 1.165) is 31.6 Å². The third-order valence-electron chi connectivity index (χ3n) is 3.63. The molecule has 0 amide bonds. The van der Waals surface area contributed by atoms with Crippen LogP contribution in [0.3, 0.4) is 0 Å². The molecule has 0 saturated carbocycles. The predicted octanol–water partition coefficient (Wildman–Crippen LogP) is 1.56. The van der Waals surface area contributed by atoms with Crippen LogP contribution in [0.25, 0.3) is 0 Å². The first-order valence-corrected chi connectivity index (χ1v) is 7.17. The van der Waals surface area contributed by atoms with Gasteiger partial charge in [0.1, 0.15) is 0 Å². The Morgan fingerprint density at radius 1 is 1.28 bits per heavy atom. The lowest BCUT2D eigenvalue weighted by Gasteiger charge is -2.25. The molecule has 18 heavy (non-hydrogen) atoms. The lowest BCUT2D eigenvalue weighted by atomic mass is 10.1. The van der Waals surface area contributed by atoms with E-state index in [2.05, 4.69) is 22.1 Å². The number of hydrogen-bond acceptors (Lipinski definition) is 4. The first-order valence-electron chi connectivity index (χ1n) is 7.17. The highest BCUT2D eigenvalue weighted by atomic mass is 15.4. The fraction of sp³-hybridized carbons (Fsp3) is 0.846. The van der Waals surface area contributed by atoms with Crippen molar-refractivity contribution in [2.45, 2.75) is 51.6 Å². The molecule has 1 unspecified atom stereocenters. The van der Waals surface area contributed by atoms with Crippen molar-refractivity contribution in [3.63, 3.8) is 0 Å². The summed E-state index contributed by atoms with van der Waals surface area (Å²) in [5.41, 5.74) is 6.96. The van der Waals surface area contributed by atoms with Crippen LogP contribution in [0.4, 0.5) is 0 Å². The van der Waals surface area contributed by atoms with Crippen molar-refractivity contribution in [3.8, 4) is 0 Å². The Balaban J connectivity index is 1.79. The Kier molecular flexibility index (Phi) is 5.13. The average Bonchev–Trinajstić information content (AvgIpc) is 2.87. The summed E-state index contributed by atoms with van der Waals surface area (Å²) in [6, 6.07) is 0.0405. The molecule has 1 aromatic heterocycles. The number of rotatable bonds is 6. The lowest BCUT2D eigenvalue weighted by Crippen LogP contribution is -2.32. The molecule has 1 saturated heterocycles. The summed E-state index contributed by atoms with van der Waals surface area (Å²) in [6.07, 6.45) is 8.13. The zero-order valence-corrected chi connectivity index (χ0v) is 11.4. The van der Waals surface area contributed by atoms with Crippen LogP contribution in [0.5, 0.6) is 0 Å². The van der Waals surface area contributed by atoms with Gasteiger partial charge in [-0.15, -0.1) is 5.10 Å². The largest absolute Gasteiger partial charge is 0.323 e. The average molecular weight is 251 g/mol. The highest BCUT2D eigenvalue weighted by molar-refractivity contribution is 4.99. The number of nitrogens with two attached hydrogens (primary N) is 1. The van der Waals surface area contributed by atoms with Crippen LogP contribution in [0.2, 0.25) is 0 Å². The van der Waals surface area contributed by atoms with Crippen LogP contribution >= 0.6 is 0 Å². The molecule has 2 heterocycles. The van der Waals surface area contributed by atoms with E-state index in [1.807, 2.05) is 10.9 Å². The van der Waals surface area contributed by atoms with Gasteiger partial charge in [-0.3, -0.25) is 4.68 Å². The number of aromatic nitrogens is 3. The maximum Gasteiger partial charge on any atom is 0.0994 e. The van der Waals surface area contributed by atoms with Gasteiger partial charge in [0.25, 0.3) is 0 Å². The third-order valence-corrected chi connectivity index (χ3v) is 3.63. The molecule has 102 valence electrons. The Bertz CT molecular complexity index is 343. The minimum Gasteiger partial charge on any atom is -0.323 e. The molecule has 5 nitrogen and oxygen atoms in total. The van der Waals surface area contributed by atoms with E-state index < -0.39 is 0 Å². The maximum atomic E-state index is 6.03. The van der Waals surface area contributed by atoms with Gasteiger partial charge in [-0.25, -0.2) is 0 Å². The van der Waals surface area contributed by atoms with Crippen LogP contribution < -0.4 is 5.73 Å². The molecular formula is C13H25N5. The lowest BCUT2D eigenvalue weighted by molar-refractivity contribution is 0.217. The molecule has 1 aliphatic heterocycles. The molecule has 2 rings (SSSR count). The number of nitrogens with zero attached hydrogens (tertiary/aromatic N) is 4. The normalized spacial score (nSPS) is 19.0. The third kappa shape index (κ3) is 3.78. The van der Waals surface area contributed by atoms with Crippen molar-refractivity contribution >= 4 is 0 Å². The summed E-state index contributed by atoms with van der Waals surface area (Å²) >= 11 is 0. The summed E-state index contributed by atoms with van der Waals surface area (Å²) in [6.45, 7) is 6.60. The van der Waals surface area contributed by atoms with Gasteiger partial charge in [0, 0.05) is 6.54 Å². The number of piperidine rings is 1. The topological polar surface area (TPSA) is 60.0 Å². The maximum absolute atomic E-state index is 6.03. The monoisotopic (exact) mass is 251 g/mol. The van der Waals surface area contributed by atoms with Crippen molar-refractivity contribution in [2.75, 3.05) is 19.6 Å². The van der Waals surface area contributed by atoms with E-state index in [1.54, 1.807) is 0 Å². The smallest absolute Gasteiger partial charge is 0.0994 e. The van der Waals surface area contributed by atoms with Crippen molar-refractivity contribution in [2.24, 2.45) is 5.73 Å². The zero-order chi connectivity index (χ0) is 12.8. The quantitative estimate of drug-likeness (QED) is 0.833. The van der Waals surface area contributed by atoms with Crippen LogP contribution in [-0.2, 0) is 6.54 Å². The fourth-order valence-electron chi connectivity index (χ4n) is 2.48.